The molecule has 2 N–H and O–H groups in total. The van der Waals surface area contributed by atoms with Gasteiger partial charge in [-0.15, -0.1) is 11.3 Å². The lowest BCUT2D eigenvalue weighted by molar-refractivity contribution is 0.0940. The molecule has 6 rings (SSSR count). The summed E-state index contributed by atoms with van der Waals surface area (Å²) >= 11 is 1.43. The van der Waals surface area contributed by atoms with Crippen LogP contribution in [0.2, 0.25) is 0 Å². The number of methoxy groups -OCH3 is 1. The molecule has 11 heteroatoms. The molecule has 190 valence electrons. The van der Waals surface area contributed by atoms with Crippen molar-refractivity contribution in [1.29, 1.82) is 0 Å². The van der Waals surface area contributed by atoms with E-state index in [1.54, 1.807) is 23.9 Å². The highest BCUT2D eigenvalue weighted by molar-refractivity contribution is 7.21. The zero-order chi connectivity index (χ0) is 25.7. The SMILES string of the molecule is COc1ncccc1-c1cn2nc3c4ncc(C(=O)NCCN5CCCC5(C)C)cc4[nH]c(=O)c3c2s1. The van der Waals surface area contributed by atoms with Crippen molar-refractivity contribution in [2.24, 2.45) is 0 Å². The Hall–Kier alpha value is -3.83. The van der Waals surface area contributed by atoms with E-state index in [9.17, 15) is 9.59 Å². The molecule has 0 bridgehead atoms. The molecular weight excluding hydrogens is 490 g/mol. The first-order chi connectivity index (χ1) is 17.9. The molecule has 1 amide bonds. The van der Waals surface area contributed by atoms with Crippen molar-refractivity contribution in [3.8, 4) is 16.3 Å². The molecule has 1 fully saturated rings. The van der Waals surface area contributed by atoms with Crippen molar-refractivity contribution in [3.05, 3.63) is 52.7 Å². The molecular formula is C26H27N7O3S. The number of aromatic nitrogens is 5. The molecule has 5 aromatic heterocycles. The highest BCUT2D eigenvalue weighted by atomic mass is 32.1. The predicted octanol–water partition coefficient (Wildman–Crippen LogP) is 3.46. The summed E-state index contributed by atoms with van der Waals surface area (Å²) in [4.78, 5) is 41.6. The van der Waals surface area contributed by atoms with E-state index in [1.165, 1.54) is 30.4 Å². The van der Waals surface area contributed by atoms with Gasteiger partial charge in [-0.25, -0.2) is 9.50 Å². The molecule has 0 radical (unpaired) electrons. The number of carbonyl (C=O) groups excluding carboxylic acids is 1. The van der Waals surface area contributed by atoms with Crippen LogP contribution in [0, 0.1) is 0 Å². The zero-order valence-corrected chi connectivity index (χ0v) is 21.7. The van der Waals surface area contributed by atoms with Crippen molar-refractivity contribution in [2.75, 3.05) is 26.7 Å². The largest absolute Gasteiger partial charge is 0.481 e. The molecule has 1 saturated heterocycles. The third-order valence-electron chi connectivity index (χ3n) is 7.13. The van der Waals surface area contributed by atoms with Crippen molar-refractivity contribution in [2.45, 2.75) is 32.2 Å². The van der Waals surface area contributed by atoms with Crippen molar-refractivity contribution in [1.82, 2.24) is 34.8 Å². The van der Waals surface area contributed by atoms with E-state index in [0.29, 0.717) is 44.8 Å². The number of hydrogen-bond acceptors (Lipinski definition) is 8. The molecule has 0 atom stereocenters. The number of ether oxygens (including phenoxy) is 1. The van der Waals surface area contributed by atoms with Gasteiger partial charge in [-0.05, 0) is 51.4 Å². The van der Waals surface area contributed by atoms with Crippen LogP contribution >= 0.6 is 11.3 Å². The molecule has 0 aromatic carbocycles. The number of rotatable bonds is 6. The average molecular weight is 518 g/mol. The summed E-state index contributed by atoms with van der Waals surface area (Å²) in [5.74, 6) is 0.292. The van der Waals surface area contributed by atoms with Gasteiger partial charge >= 0.3 is 0 Å². The Morgan fingerprint density at radius 2 is 2.16 bits per heavy atom. The highest BCUT2D eigenvalue weighted by Gasteiger charge is 2.31. The summed E-state index contributed by atoms with van der Waals surface area (Å²) in [5, 5.41) is 8.11. The van der Waals surface area contributed by atoms with Gasteiger partial charge in [0.25, 0.3) is 11.5 Å². The molecule has 5 aromatic rings. The third-order valence-corrected chi connectivity index (χ3v) is 8.26. The third kappa shape index (κ3) is 4.04. The molecule has 0 spiro atoms. The van der Waals surface area contributed by atoms with Gasteiger partial charge in [-0.2, -0.15) is 5.10 Å². The Morgan fingerprint density at radius 1 is 1.30 bits per heavy atom. The van der Waals surface area contributed by atoms with Gasteiger partial charge in [0.1, 0.15) is 21.3 Å². The average Bonchev–Trinajstić information content (AvgIpc) is 3.55. The first kappa shape index (κ1) is 23.6. The summed E-state index contributed by atoms with van der Waals surface area (Å²) in [7, 11) is 1.57. The second-order valence-electron chi connectivity index (χ2n) is 9.86. The van der Waals surface area contributed by atoms with Crippen LogP contribution in [0.5, 0.6) is 5.88 Å². The number of H-pyrrole nitrogens is 1. The van der Waals surface area contributed by atoms with E-state index in [0.717, 1.165) is 23.5 Å². The van der Waals surface area contributed by atoms with Crippen LogP contribution in [-0.4, -0.2) is 67.7 Å². The monoisotopic (exact) mass is 517 g/mol. The van der Waals surface area contributed by atoms with E-state index in [1.807, 2.05) is 18.3 Å². The summed E-state index contributed by atoms with van der Waals surface area (Å²) in [6, 6.07) is 5.42. The smallest absolute Gasteiger partial charge is 0.261 e. The summed E-state index contributed by atoms with van der Waals surface area (Å²) in [6.07, 6.45) is 7.41. The highest BCUT2D eigenvalue weighted by Crippen LogP contribution is 2.36. The van der Waals surface area contributed by atoms with Crippen LogP contribution in [0.3, 0.4) is 0 Å². The minimum absolute atomic E-state index is 0.170. The van der Waals surface area contributed by atoms with Gasteiger partial charge in [-0.3, -0.25) is 19.5 Å². The van der Waals surface area contributed by atoms with E-state index in [2.05, 4.69) is 44.1 Å². The number of nitrogens with one attached hydrogen (secondary N) is 2. The first-order valence-electron chi connectivity index (χ1n) is 12.2. The summed E-state index contributed by atoms with van der Waals surface area (Å²) < 4.78 is 7.07. The van der Waals surface area contributed by atoms with Crippen LogP contribution in [0.25, 0.3) is 37.2 Å². The minimum atomic E-state index is -0.278. The Bertz CT molecular complexity index is 1720. The zero-order valence-electron chi connectivity index (χ0n) is 20.9. The maximum Gasteiger partial charge on any atom is 0.261 e. The predicted molar refractivity (Wildman–Crippen MR) is 143 cm³/mol. The number of aromatic amines is 1. The topological polar surface area (TPSA) is 118 Å². The Labute approximate surface area is 216 Å². The second kappa shape index (κ2) is 8.93. The Kier molecular flexibility index (Phi) is 5.68. The van der Waals surface area contributed by atoms with Crippen molar-refractivity contribution >= 4 is 44.0 Å². The van der Waals surface area contributed by atoms with Crippen LogP contribution in [-0.2, 0) is 0 Å². The number of carbonyl (C=O) groups is 1. The first-order valence-corrected chi connectivity index (χ1v) is 13.0. The number of pyridine rings is 3. The van der Waals surface area contributed by atoms with Crippen molar-refractivity contribution in [3.63, 3.8) is 0 Å². The van der Waals surface area contributed by atoms with Gasteiger partial charge in [-0.1, -0.05) is 0 Å². The van der Waals surface area contributed by atoms with Gasteiger partial charge < -0.3 is 15.0 Å². The molecule has 10 nitrogen and oxygen atoms in total. The van der Waals surface area contributed by atoms with E-state index in [-0.39, 0.29) is 17.0 Å². The van der Waals surface area contributed by atoms with Crippen LogP contribution in [0.15, 0.2) is 41.6 Å². The Morgan fingerprint density at radius 3 is 2.95 bits per heavy atom. The quantitative estimate of drug-likeness (QED) is 0.354. The Balaban J connectivity index is 1.30. The second-order valence-corrected chi connectivity index (χ2v) is 10.9. The van der Waals surface area contributed by atoms with E-state index in [4.69, 9.17) is 4.74 Å². The van der Waals surface area contributed by atoms with Crippen LogP contribution in [0.4, 0.5) is 0 Å². The summed E-state index contributed by atoms with van der Waals surface area (Å²) in [6.45, 7) is 6.88. The molecule has 1 aliphatic heterocycles. The molecule has 37 heavy (non-hydrogen) atoms. The lowest BCUT2D eigenvalue weighted by Gasteiger charge is -2.31. The number of likely N-dealkylation sites (tertiary alicyclic amines) is 1. The fourth-order valence-electron chi connectivity index (χ4n) is 5.12. The van der Waals surface area contributed by atoms with Gasteiger partial charge in [0.05, 0.1) is 28.6 Å². The van der Waals surface area contributed by atoms with Gasteiger partial charge in [0.15, 0.2) is 0 Å². The number of nitrogens with zero attached hydrogens (tertiary/aromatic N) is 5. The molecule has 0 saturated carbocycles. The lowest BCUT2D eigenvalue weighted by Crippen LogP contribution is -2.43. The maximum atomic E-state index is 13.1. The number of thiazole rings is 1. The number of hydrogen-bond donors (Lipinski definition) is 2. The van der Waals surface area contributed by atoms with Gasteiger partial charge in [0, 0.05) is 37.2 Å². The molecule has 0 aliphatic carbocycles. The summed E-state index contributed by atoms with van der Waals surface area (Å²) in [5.41, 5.74) is 2.64. The number of amides is 1. The maximum absolute atomic E-state index is 13.1. The molecule has 0 unspecified atom stereocenters. The van der Waals surface area contributed by atoms with E-state index < -0.39 is 0 Å². The lowest BCUT2D eigenvalue weighted by atomic mass is 10.0. The van der Waals surface area contributed by atoms with Crippen LogP contribution in [0.1, 0.15) is 37.0 Å². The van der Waals surface area contributed by atoms with Crippen molar-refractivity contribution < 1.29 is 9.53 Å². The molecule has 6 heterocycles. The normalized spacial score (nSPS) is 15.6. The fraction of sp³-hybridized carbons (Fsp3) is 0.346. The van der Waals surface area contributed by atoms with Crippen LogP contribution < -0.4 is 15.6 Å². The number of fused-ring (bicyclic) bond motifs is 5. The fourth-order valence-corrected chi connectivity index (χ4v) is 6.23. The standard InChI is InChI=1S/C26H27N7O3S/c1-26(2)7-5-10-32(26)11-9-27-22(34)15-12-17-20(29-13-15)21-19(23(35)30-17)25-33(31-21)14-18(37-25)16-6-4-8-28-24(16)36-3/h4,6,8,12-14H,5,7,9-11H2,1-3H3,(H,27,34)(H,30,35). The minimum Gasteiger partial charge on any atom is -0.481 e. The molecule has 1 aliphatic rings. The van der Waals surface area contributed by atoms with Gasteiger partial charge in [0.2, 0.25) is 5.88 Å². The van der Waals surface area contributed by atoms with E-state index >= 15 is 0 Å².